The van der Waals surface area contributed by atoms with E-state index < -0.39 is 11.6 Å². The number of hydrogen-bond acceptors (Lipinski definition) is 2. The summed E-state index contributed by atoms with van der Waals surface area (Å²) in [6.45, 7) is 4.47. The quantitative estimate of drug-likeness (QED) is 0.871. The van der Waals surface area contributed by atoms with Crippen molar-refractivity contribution in [2.24, 2.45) is 0 Å². The molecule has 1 nitrogen and oxygen atoms in total. The molecule has 1 atom stereocenters. The minimum atomic E-state index is -0.791. The van der Waals surface area contributed by atoms with Crippen LogP contribution < -0.4 is 5.32 Å². The number of benzene rings is 1. The van der Waals surface area contributed by atoms with Gasteiger partial charge in [-0.25, -0.2) is 8.78 Å². The van der Waals surface area contributed by atoms with Gasteiger partial charge in [-0.1, -0.05) is 12.1 Å². The summed E-state index contributed by atoms with van der Waals surface area (Å²) < 4.78 is 26.5. The lowest BCUT2D eigenvalue weighted by Gasteiger charge is -2.13. The Hall–Kier alpha value is -1.26. The Morgan fingerprint density at radius 2 is 2.00 bits per heavy atom. The molecule has 0 saturated carbocycles. The molecule has 2 aromatic rings. The van der Waals surface area contributed by atoms with E-state index in [1.165, 1.54) is 15.8 Å². The molecule has 1 heterocycles. The van der Waals surface area contributed by atoms with Crippen LogP contribution >= 0.6 is 11.3 Å². The minimum Gasteiger partial charge on any atom is -0.310 e. The van der Waals surface area contributed by atoms with Gasteiger partial charge in [0.05, 0.1) is 0 Å². The molecule has 0 bridgehead atoms. The minimum absolute atomic E-state index is 0.223. The standard InChI is InChI=1S/C15H17F2NS/c1-10(8-13-7-6-11(2)19-13)18-9-12-4-3-5-14(16)15(12)17/h3-7,10,18H,8-9H2,1-2H3. The zero-order valence-electron chi connectivity index (χ0n) is 11.0. The molecule has 1 aromatic heterocycles. The first-order valence-electron chi connectivity index (χ1n) is 6.28. The fraction of sp³-hybridized carbons (Fsp3) is 0.333. The van der Waals surface area contributed by atoms with E-state index in [0.29, 0.717) is 12.1 Å². The van der Waals surface area contributed by atoms with Gasteiger partial charge < -0.3 is 5.32 Å². The molecule has 1 N–H and O–H groups in total. The van der Waals surface area contributed by atoms with E-state index in [1.807, 2.05) is 6.92 Å². The first-order valence-corrected chi connectivity index (χ1v) is 7.09. The fourth-order valence-electron chi connectivity index (χ4n) is 1.94. The molecular weight excluding hydrogens is 264 g/mol. The van der Waals surface area contributed by atoms with Gasteiger partial charge in [-0.3, -0.25) is 0 Å². The number of thiophene rings is 1. The van der Waals surface area contributed by atoms with Crippen LogP contribution in [-0.2, 0) is 13.0 Å². The van der Waals surface area contributed by atoms with Gasteiger partial charge in [-0.2, -0.15) is 0 Å². The second kappa shape index (κ2) is 6.26. The van der Waals surface area contributed by atoms with Crippen molar-refractivity contribution in [3.05, 3.63) is 57.3 Å². The predicted molar refractivity (Wildman–Crippen MR) is 75.4 cm³/mol. The molecule has 0 radical (unpaired) electrons. The van der Waals surface area contributed by atoms with Gasteiger partial charge in [0.15, 0.2) is 11.6 Å². The normalized spacial score (nSPS) is 12.6. The predicted octanol–water partition coefficient (Wildman–Crippen LogP) is 4.06. The summed E-state index contributed by atoms with van der Waals surface area (Å²) in [4.78, 5) is 2.59. The Morgan fingerprint density at radius 3 is 2.68 bits per heavy atom. The van der Waals surface area contributed by atoms with Crippen molar-refractivity contribution >= 4 is 11.3 Å². The monoisotopic (exact) mass is 281 g/mol. The van der Waals surface area contributed by atoms with Crippen molar-refractivity contribution in [3.8, 4) is 0 Å². The van der Waals surface area contributed by atoms with Gasteiger partial charge >= 0.3 is 0 Å². The lowest BCUT2D eigenvalue weighted by molar-refractivity contribution is 0.481. The Morgan fingerprint density at radius 1 is 1.21 bits per heavy atom. The summed E-state index contributed by atoms with van der Waals surface area (Å²) in [6.07, 6.45) is 0.898. The molecule has 0 saturated heterocycles. The summed E-state index contributed by atoms with van der Waals surface area (Å²) in [5.74, 6) is -1.55. The van der Waals surface area contributed by atoms with Crippen molar-refractivity contribution < 1.29 is 8.78 Å². The third kappa shape index (κ3) is 3.85. The van der Waals surface area contributed by atoms with Gasteiger partial charge in [0, 0.05) is 27.9 Å². The molecule has 0 aliphatic rings. The lowest BCUT2D eigenvalue weighted by atomic mass is 10.1. The third-order valence-electron chi connectivity index (χ3n) is 2.98. The molecule has 2 rings (SSSR count). The van der Waals surface area contributed by atoms with E-state index in [1.54, 1.807) is 17.4 Å². The SMILES string of the molecule is Cc1ccc(CC(C)NCc2cccc(F)c2F)s1. The highest BCUT2D eigenvalue weighted by atomic mass is 32.1. The van der Waals surface area contributed by atoms with Crippen molar-refractivity contribution in [2.75, 3.05) is 0 Å². The topological polar surface area (TPSA) is 12.0 Å². The number of nitrogens with one attached hydrogen (secondary N) is 1. The zero-order chi connectivity index (χ0) is 13.8. The summed E-state index contributed by atoms with van der Waals surface area (Å²) in [5.41, 5.74) is 0.370. The fourth-order valence-corrected chi connectivity index (χ4v) is 2.96. The first kappa shape index (κ1) is 14.2. The molecule has 0 aliphatic heterocycles. The molecular formula is C15H17F2NS. The van der Waals surface area contributed by atoms with Crippen LogP contribution in [0.2, 0.25) is 0 Å². The van der Waals surface area contributed by atoms with Gasteiger partial charge in [0.25, 0.3) is 0 Å². The van der Waals surface area contributed by atoms with Crippen LogP contribution in [0, 0.1) is 18.6 Å². The van der Waals surface area contributed by atoms with Crippen LogP contribution in [0.4, 0.5) is 8.78 Å². The number of aryl methyl sites for hydroxylation is 1. The maximum atomic E-state index is 13.5. The smallest absolute Gasteiger partial charge is 0.163 e. The zero-order valence-corrected chi connectivity index (χ0v) is 11.9. The van der Waals surface area contributed by atoms with Gasteiger partial charge in [0.2, 0.25) is 0 Å². The van der Waals surface area contributed by atoms with Crippen LogP contribution in [0.1, 0.15) is 22.2 Å². The Labute approximate surface area is 116 Å². The first-order chi connectivity index (χ1) is 9.06. The van der Waals surface area contributed by atoms with Crippen molar-refractivity contribution in [2.45, 2.75) is 32.9 Å². The molecule has 19 heavy (non-hydrogen) atoms. The van der Waals surface area contributed by atoms with Crippen molar-refractivity contribution in [1.29, 1.82) is 0 Å². The van der Waals surface area contributed by atoms with Crippen molar-refractivity contribution in [3.63, 3.8) is 0 Å². The summed E-state index contributed by atoms with van der Waals surface area (Å²) >= 11 is 1.77. The van der Waals surface area contributed by atoms with E-state index in [-0.39, 0.29) is 6.04 Å². The maximum absolute atomic E-state index is 13.5. The second-order valence-electron chi connectivity index (χ2n) is 4.71. The van der Waals surface area contributed by atoms with E-state index >= 15 is 0 Å². The Kier molecular flexibility index (Phi) is 4.66. The maximum Gasteiger partial charge on any atom is 0.163 e. The van der Waals surface area contributed by atoms with E-state index in [2.05, 4.69) is 24.4 Å². The van der Waals surface area contributed by atoms with E-state index in [9.17, 15) is 8.78 Å². The average Bonchev–Trinajstić information content (AvgIpc) is 2.76. The summed E-state index contributed by atoms with van der Waals surface area (Å²) in [7, 11) is 0. The largest absolute Gasteiger partial charge is 0.310 e. The lowest BCUT2D eigenvalue weighted by Crippen LogP contribution is -2.27. The van der Waals surface area contributed by atoms with E-state index in [0.717, 1.165) is 12.5 Å². The summed E-state index contributed by atoms with van der Waals surface area (Å²) in [5, 5.41) is 3.22. The average molecular weight is 281 g/mol. The van der Waals surface area contributed by atoms with Crippen molar-refractivity contribution in [1.82, 2.24) is 5.32 Å². The molecule has 102 valence electrons. The molecule has 0 aliphatic carbocycles. The Bertz CT molecular complexity index is 551. The van der Waals surface area contributed by atoms with Crippen LogP contribution in [0.15, 0.2) is 30.3 Å². The number of rotatable bonds is 5. The molecule has 0 amide bonds. The van der Waals surface area contributed by atoms with Gasteiger partial charge in [0.1, 0.15) is 0 Å². The summed E-state index contributed by atoms with van der Waals surface area (Å²) in [6, 6.07) is 8.70. The third-order valence-corrected chi connectivity index (χ3v) is 4.00. The van der Waals surface area contributed by atoms with Crippen LogP contribution in [-0.4, -0.2) is 6.04 Å². The molecule has 0 spiro atoms. The molecule has 1 unspecified atom stereocenters. The van der Waals surface area contributed by atoms with Gasteiger partial charge in [-0.15, -0.1) is 11.3 Å². The Balaban J connectivity index is 1.89. The number of hydrogen-bond donors (Lipinski definition) is 1. The highest BCUT2D eigenvalue weighted by molar-refractivity contribution is 7.11. The second-order valence-corrected chi connectivity index (χ2v) is 6.08. The van der Waals surface area contributed by atoms with Crippen LogP contribution in [0.25, 0.3) is 0 Å². The van der Waals surface area contributed by atoms with E-state index in [4.69, 9.17) is 0 Å². The highest BCUT2D eigenvalue weighted by Crippen LogP contribution is 2.17. The molecule has 4 heteroatoms. The number of halogens is 2. The van der Waals surface area contributed by atoms with Gasteiger partial charge in [-0.05, 0) is 38.5 Å². The highest BCUT2D eigenvalue weighted by Gasteiger charge is 2.09. The van der Waals surface area contributed by atoms with Crippen LogP contribution in [0.3, 0.4) is 0 Å². The molecule has 0 fully saturated rings. The van der Waals surface area contributed by atoms with Crippen LogP contribution in [0.5, 0.6) is 0 Å². The molecule has 1 aromatic carbocycles.